The van der Waals surface area contributed by atoms with Crippen molar-refractivity contribution in [3.05, 3.63) is 180 Å². The molecule has 6 aliphatic heterocycles. The van der Waals surface area contributed by atoms with E-state index in [-0.39, 0.29) is 60.3 Å². The number of benzene rings is 6. The number of hydrogen-bond acceptors (Lipinski definition) is 15. The van der Waals surface area contributed by atoms with Crippen LogP contribution in [0, 0.1) is 17.8 Å². The number of nitrogens with one attached hydrogen (secondary N) is 3. The van der Waals surface area contributed by atoms with Gasteiger partial charge in [-0.1, -0.05) is 109 Å². The third-order valence-electron chi connectivity index (χ3n) is 17.3. The molecule has 20 heteroatoms. The Labute approximate surface area is 564 Å². The van der Waals surface area contributed by atoms with Gasteiger partial charge in [0.25, 0.3) is 0 Å². The highest BCUT2D eigenvalue weighted by atomic mass is 16.6. The quantitative estimate of drug-likeness (QED) is 0.0636. The topological polar surface area (TPSA) is 248 Å². The number of carboxylic acid groups (broad SMARTS) is 1. The predicted octanol–water partition coefficient (Wildman–Crippen LogP) is 12.6. The molecule has 6 atom stereocenters. The second-order valence-corrected chi connectivity index (χ2v) is 27.0. The molecule has 4 amide bonds. The lowest BCUT2D eigenvalue weighted by molar-refractivity contribution is -0.141. The number of rotatable bonds is 14. The molecule has 0 aromatic heterocycles. The first-order chi connectivity index (χ1) is 46.2. The van der Waals surface area contributed by atoms with E-state index in [1.807, 2.05) is 172 Å². The van der Waals surface area contributed by atoms with Gasteiger partial charge in [0, 0.05) is 131 Å². The van der Waals surface area contributed by atoms with Gasteiger partial charge in [0.05, 0.1) is 57.4 Å². The lowest BCUT2D eigenvalue weighted by Crippen LogP contribution is -2.36. The summed E-state index contributed by atoms with van der Waals surface area (Å²) in [5.41, 5.74) is 9.87. The maximum absolute atomic E-state index is 13.4. The van der Waals surface area contributed by atoms with Gasteiger partial charge < -0.3 is 74.5 Å². The number of carbonyl (C=O) groups is 5. The van der Waals surface area contributed by atoms with Crippen molar-refractivity contribution in [1.82, 2.24) is 15.1 Å². The van der Waals surface area contributed by atoms with Crippen LogP contribution in [0.3, 0.4) is 0 Å². The number of nitrogens with two attached hydrogens (primary N) is 1. The second-order valence-electron chi connectivity index (χ2n) is 27.0. The molecule has 0 bridgehead atoms. The standard InChI is InChI=1S/C27H34N2O5.C22H26N2O3.C16H21NO4.C11H15NO2/c1-27(2,3)34-26(31)29-17-23(19-8-5-4-6-9-19)24(18-29)25(30)28-20-10-7-11-22(16-20)33-21-12-14-32-15-13-21;25-22(21-15-23-14-20(21)16-5-2-1-3-6-16)24-17-7-4-8-19(13-17)27-18-9-11-26-12-10-18;1-16(2,3)21-15(20)17-9-12(13(10-17)14(18)19)11-7-5-4-6-8-11;12-9-2-1-3-11(8-9)14-10-4-6-13-7-5-10/h4-11,16,21,23-24H,12-15,17-18H2,1-3H3,(H,28,30);1-8,13,18,20-21,23H,9-12,14-15H2,(H,24,25);4-8,12-13H,9-10H2,1-3H3,(H,18,19);1-3,8,10H,4-7,12H2/t23-,24+;20-,21+;12-,13+;/m000./s1. The number of likely N-dealkylation sites (tertiary alicyclic amines) is 2. The molecule has 6 aromatic rings. The Kier molecular flexibility index (Phi) is 26.0. The second kappa shape index (κ2) is 34.8. The predicted molar refractivity (Wildman–Crippen MR) is 369 cm³/mol. The fraction of sp³-hybridized carbons (Fsp3) is 0.461. The Bertz CT molecular complexity index is 3420. The third-order valence-corrected chi connectivity index (χ3v) is 17.3. The van der Waals surface area contributed by atoms with Gasteiger partial charge in [-0.25, -0.2) is 9.59 Å². The molecule has 6 aliphatic rings. The molecule has 0 radical (unpaired) electrons. The van der Waals surface area contributed by atoms with Crippen LogP contribution in [0.5, 0.6) is 17.2 Å². The molecule has 96 heavy (non-hydrogen) atoms. The first kappa shape index (κ1) is 71.6. The van der Waals surface area contributed by atoms with E-state index in [0.29, 0.717) is 45.1 Å². The van der Waals surface area contributed by atoms with Crippen LogP contribution >= 0.6 is 0 Å². The molecule has 6 N–H and O–H groups in total. The van der Waals surface area contributed by atoms with E-state index < -0.39 is 41.2 Å². The minimum Gasteiger partial charge on any atom is -0.490 e. The van der Waals surface area contributed by atoms with E-state index in [2.05, 4.69) is 28.1 Å². The summed E-state index contributed by atoms with van der Waals surface area (Å²) in [7, 11) is 0. The van der Waals surface area contributed by atoms with Crippen LogP contribution in [0.25, 0.3) is 0 Å². The van der Waals surface area contributed by atoms with Crippen molar-refractivity contribution in [2.45, 2.75) is 127 Å². The molecule has 514 valence electrons. The van der Waals surface area contributed by atoms with Gasteiger partial charge in [-0.3, -0.25) is 14.4 Å². The first-order valence-corrected chi connectivity index (χ1v) is 33.6. The number of carbonyl (C=O) groups excluding carboxylic acids is 4. The highest BCUT2D eigenvalue weighted by molar-refractivity contribution is 5.95. The van der Waals surface area contributed by atoms with Crippen molar-refractivity contribution in [3.63, 3.8) is 0 Å². The highest BCUT2D eigenvalue weighted by Gasteiger charge is 2.43. The Morgan fingerprint density at radius 3 is 1.21 bits per heavy atom. The van der Waals surface area contributed by atoms with E-state index in [9.17, 15) is 29.1 Å². The average Bonchev–Trinajstić information content (AvgIpc) is 1.68. The average molecular weight is 1320 g/mol. The maximum atomic E-state index is 13.4. The fourth-order valence-electron chi connectivity index (χ4n) is 12.5. The zero-order chi connectivity index (χ0) is 68.0. The SMILES string of the molecule is CC(C)(C)OC(=O)N1C[C@@H](C(=O)Nc2cccc(OC3CCOCC3)c2)[C@H](c2ccccc2)C1.CC(C)(C)OC(=O)N1C[C@@H](C(=O)O)[C@H](c2ccccc2)C1.Nc1cccc(OC2CCOCC2)c1.O=C(Nc1cccc(OC2CCOCC2)c1)[C@@H]1CNC[C@H]1c1ccccc1. The number of nitrogens with zero attached hydrogens (tertiary/aromatic N) is 2. The van der Waals surface area contributed by atoms with Crippen molar-refractivity contribution >= 4 is 47.0 Å². The zero-order valence-corrected chi connectivity index (χ0v) is 56.2. The first-order valence-electron chi connectivity index (χ1n) is 33.6. The molecule has 0 unspecified atom stereocenters. The summed E-state index contributed by atoms with van der Waals surface area (Å²) in [4.78, 5) is 65.7. The van der Waals surface area contributed by atoms with Crippen LogP contribution in [0.1, 0.15) is 115 Å². The van der Waals surface area contributed by atoms with Crippen molar-refractivity contribution in [1.29, 1.82) is 0 Å². The summed E-state index contributed by atoms with van der Waals surface area (Å²) in [6.07, 6.45) is 5.21. The molecule has 6 aromatic carbocycles. The molecule has 6 fully saturated rings. The van der Waals surface area contributed by atoms with E-state index in [0.717, 1.165) is 111 Å². The number of hydrogen-bond donors (Lipinski definition) is 5. The molecule has 6 heterocycles. The number of amides is 4. The highest BCUT2D eigenvalue weighted by Crippen LogP contribution is 2.37. The van der Waals surface area contributed by atoms with Gasteiger partial charge in [0.1, 0.15) is 46.8 Å². The number of nitrogen functional groups attached to an aromatic ring is 1. The van der Waals surface area contributed by atoms with Crippen molar-refractivity contribution < 1.29 is 67.0 Å². The lowest BCUT2D eigenvalue weighted by atomic mass is 9.88. The van der Waals surface area contributed by atoms with E-state index in [1.54, 1.807) is 25.7 Å². The molecule has 6 saturated heterocycles. The molecular weight excluding hydrogens is 1220 g/mol. The lowest BCUT2D eigenvalue weighted by Gasteiger charge is -2.24. The van der Waals surface area contributed by atoms with E-state index in [4.69, 9.17) is 43.6 Å². The maximum Gasteiger partial charge on any atom is 0.410 e. The van der Waals surface area contributed by atoms with Crippen molar-refractivity contribution in [2.24, 2.45) is 17.8 Å². The van der Waals surface area contributed by atoms with Crippen LogP contribution in [0.2, 0.25) is 0 Å². The van der Waals surface area contributed by atoms with Crippen LogP contribution in [0.15, 0.2) is 164 Å². The van der Waals surface area contributed by atoms with Crippen LogP contribution in [-0.2, 0) is 38.1 Å². The summed E-state index contributed by atoms with van der Waals surface area (Å²) >= 11 is 0. The van der Waals surface area contributed by atoms with Crippen molar-refractivity contribution in [3.8, 4) is 17.2 Å². The number of ether oxygens (including phenoxy) is 8. The minimum absolute atomic E-state index is 0.0528. The largest absolute Gasteiger partial charge is 0.490 e. The fourth-order valence-corrected chi connectivity index (χ4v) is 12.5. The number of anilines is 3. The van der Waals surface area contributed by atoms with E-state index in [1.165, 1.54) is 10.5 Å². The monoisotopic (exact) mass is 1320 g/mol. The number of aliphatic carboxylic acids is 1. The summed E-state index contributed by atoms with van der Waals surface area (Å²) < 4.78 is 44.8. The molecular formula is C76H96N6O14. The Balaban J connectivity index is 0.000000157. The third kappa shape index (κ3) is 22.2. The summed E-state index contributed by atoms with van der Waals surface area (Å²) in [6, 6.07) is 52.3. The molecule has 20 nitrogen and oxygen atoms in total. The van der Waals surface area contributed by atoms with Crippen LogP contribution < -0.4 is 35.9 Å². The smallest absolute Gasteiger partial charge is 0.410 e. The van der Waals surface area contributed by atoms with Gasteiger partial charge in [-0.15, -0.1) is 0 Å². The molecule has 0 saturated carbocycles. The Morgan fingerprint density at radius 1 is 0.448 bits per heavy atom. The van der Waals surface area contributed by atoms with Crippen LogP contribution in [0.4, 0.5) is 26.7 Å². The summed E-state index contributed by atoms with van der Waals surface area (Å²) in [5, 5.41) is 18.9. The number of carboxylic acids is 1. The molecule has 0 spiro atoms. The van der Waals surface area contributed by atoms with Crippen molar-refractivity contribution in [2.75, 3.05) is 95.3 Å². The van der Waals surface area contributed by atoms with E-state index >= 15 is 0 Å². The zero-order valence-electron chi connectivity index (χ0n) is 56.2. The van der Waals surface area contributed by atoms with Crippen LogP contribution in [-0.4, -0.2) is 153 Å². The minimum atomic E-state index is -0.880. The van der Waals surface area contributed by atoms with Gasteiger partial charge in [-0.05, 0) is 94.6 Å². The Morgan fingerprint density at radius 2 is 0.812 bits per heavy atom. The Hall–Kier alpha value is -8.69. The van der Waals surface area contributed by atoms with Gasteiger partial charge >= 0.3 is 18.2 Å². The summed E-state index contributed by atoms with van der Waals surface area (Å²) in [5.74, 6) is 0.254. The normalized spacial score (nSPS) is 21.5. The van der Waals surface area contributed by atoms with Gasteiger partial charge in [0.2, 0.25) is 11.8 Å². The molecule has 12 rings (SSSR count). The summed E-state index contributed by atoms with van der Waals surface area (Å²) in [6.45, 7) is 18.2. The van der Waals surface area contributed by atoms with Gasteiger partial charge in [-0.2, -0.15) is 0 Å². The molecule has 0 aliphatic carbocycles. The van der Waals surface area contributed by atoms with Gasteiger partial charge in [0.15, 0.2) is 0 Å².